The lowest BCUT2D eigenvalue weighted by Crippen LogP contribution is -2.60. The minimum absolute atomic E-state index is 0.0430. The fourth-order valence-corrected chi connectivity index (χ4v) is 8.67. The summed E-state index contributed by atoms with van der Waals surface area (Å²) in [4.78, 5) is 25.2. The summed E-state index contributed by atoms with van der Waals surface area (Å²) in [5, 5.41) is 11.6. The number of halogens is 2. The molecule has 1 N–H and O–H groups in total. The van der Waals surface area contributed by atoms with Crippen LogP contribution in [0.15, 0.2) is 41.7 Å². The molecule has 1 unspecified atom stereocenters. The first kappa shape index (κ1) is 24.6. The number of carbonyl (C=O) groups excluding carboxylic acids is 2. The quantitative estimate of drug-likeness (QED) is 0.557. The fourth-order valence-electron chi connectivity index (χ4n) is 8.67. The van der Waals surface area contributed by atoms with Crippen LogP contribution in [-0.2, 0) is 14.3 Å². The van der Waals surface area contributed by atoms with Crippen LogP contribution in [0.1, 0.15) is 71.3 Å². The standard InChI is InChI=1S/C29H36F2O4/c1-5-22(33)35-27-15(2)11-19-17-12-20(30)24-25(31)26(34)18(16-9-7-6-8-10-16)13-29(24,4)23(17)21(32)14-28(19,27)3/h6-10,15,17-21,23,27,32H,5,11-14H2,1-4H3/t15-,17+,18?,19+,20+,21+,23-,27-,28+,29-/m1/s1. The van der Waals surface area contributed by atoms with E-state index < -0.39 is 40.6 Å². The third-order valence-electron chi connectivity index (χ3n) is 9.97. The molecule has 0 aromatic heterocycles. The van der Waals surface area contributed by atoms with E-state index in [1.807, 2.05) is 37.3 Å². The van der Waals surface area contributed by atoms with Crippen molar-refractivity contribution in [3.8, 4) is 0 Å². The predicted octanol–water partition coefficient (Wildman–Crippen LogP) is 5.70. The highest BCUT2D eigenvalue weighted by molar-refractivity contribution is 6.00. The Balaban J connectivity index is 1.56. The smallest absolute Gasteiger partial charge is 0.305 e. The van der Waals surface area contributed by atoms with E-state index in [-0.39, 0.29) is 60.6 Å². The van der Waals surface area contributed by atoms with Gasteiger partial charge in [-0.3, -0.25) is 9.59 Å². The van der Waals surface area contributed by atoms with Crippen molar-refractivity contribution in [2.75, 3.05) is 0 Å². The van der Waals surface area contributed by atoms with Gasteiger partial charge < -0.3 is 9.84 Å². The monoisotopic (exact) mass is 486 g/mol. The summed E-state index contributed by atoms with van der Waals surface area (Å²) in [6.07, 6.45) is -0.863. The summed E-state index contributed by atoms with van der Waals surface area (Å²) < 4.78 is 37.4. The van der Waals surface area contributed by atoms with Gasteiger partial charge in [-0.2, -0.15) is 0 Å². The first-order valence-electron chi connectivity index (χ1n) is 13.0. The first-order valence-corrected chi connectivity index (χ1v) is 13.0. The van der Waals surface area contributed by atoms with Gasteiger partial charge in [0.05, 0.1) is 12.0 Å². The molecule has 0 radical (unpaired) electrons. The Kier molecular flexibility index (Phi) is 5.98. The number of rotatable bonds is 3. The van der Waals surface area contributed by atoms with E-state index in [1.54, 1.807) is 6.92 Å². The summed E-state index contributed by atoms with van der Waals surface area (Å²) in [6, 6.07) is 9.12. The van der Waals surface area contributed by atoms with E-state index in [0.717, 1.165) is 12.0 Å². The maximum absolute atomic E-state index is 15.8. The lowest BCUT2D eigenvalue weighted by Gasteiger charge is -2.60. The highest BCUT2D eigenvalue weighted by Crippen LogP contribution is 2.68. The van der Waals surface area contributed by atoms with Gasteiger partial charge in [0.15, 0.2) is 11.6 Å². The van der Waals surface area contributed by atoms with Crippen molar-refractivity contribution in [3.05, 3.63) is 47.3 Å². The summed E-state index contributed by atoms with van der Waals surface area (Å²) in [5.74, 6) is -2.96. The van der Waals surface area contributed by atoms with Crippen molar-refractivity contribution in [3.63, 3.8) is 0 Å². The van der Waals surface area contributed by atoms with Crippen LogP contribution >= 0.6 is 0 Å². The summed E-state index contributed by atoms with van der Waals surface area (Å²) in [5.41, 5.74) is -0.757. The molecular formula is C29H36F2O4. The molecule has 0 heterocycles. The van der Waals surface area contributed by atoms with E-state index in [2.05, 4.69) is 13.8 Å². The van der Waals surface area contributed by atoms with Gasteiger partial charge >= 0.3 is 5.97 Å². The molecule has 1 aromatic rings. The van der Waals surface area contributed by atoms with Crippen LogP contribution in [0.2, 0.25) is 0 Å². The van der Waals surface area contributed by atoms with Gasteiger partial charge in [0.1, 0.15) is 12.3 Å². The number of alkyl halides is 1. The molecule has 3 fully saturated rings. The molecule has 4 aliphatic rings. The molecule has 10 atom stereocenters. The van der Waals surface area contributed by atoms with Crippen molar-refractivity contribution in [2.45, 2.75) is 84.1 Å². The maximum atomic E-state index is 15.8. The van der Waals surface area contributed by atoms with Gasteiger partial charge in [0.25, 0.3) is 0 Å². The molecular weight excluding hydrogens is 450 g/mol. The second-order valence-electron chi connectivity index (χ2n) is 11.9. The summed E-state index contributed by atoms with van der Waals surface area (Å²) in [6.45, 7) is 7.74. The summed E-state index contributed by atoms with van der Waals surface area (Å²) >= 11 is 0. The van der Waals surface area contributed by atoms with Crippen LogP contribution < -0.4 is 0 Å². The van der Waals surface area contributed by atoms with E-state index in [0.29, 0.717) is 6.42 Å². The number of hydrogen-bond acceptors (Lipinski definition) is 4. The van der Waals surface area contributed by atoms with Crippen molar-refractivity contribution in [1.82, 2.24) is 0 Å². The highest BCUT2D eigenvalue weighted by Gasteiger charge is 2.67. The minimum Gasteiger partial charge on any atom is -0.461 e. The highest BCUT2D eigenvalue weighted by atomic mass is 19.1. The summed E-state index contributed by atoms with van der Waals surface area (Å²) in [7, 11) is 0. The molecule has 190 valence electrons. The van der Waals surface area contributed by atoms with Gasteiger partial charge in [0.2, 0.25) is 0 Å². The van der Waals surface area contributed by atoms with Crippen molar-refractivity contribution < 1.29 is 28.2 Å². The number of hydrogen-bond donors (Lipinski definition) is 1. The predicted molar refractivity (Wildman–Crippen MR) is 128 cm³/mol. The van der Waals surface area contributed by atoms with Gasteiger partial charge in [0, 0.05) is 22.8 Å². The van der Waals surface area contributed by atoms with Gasteiger partial charge in [-0.15, -0.1) is 0 Å². The van der Waals surface area contributed by atoms with Crippen LogP contribution in [0.3, 0.4) is 0 Å². The van der Waals surface area contributed by atoms with Gasteiger partial charge in [-0.05, 0) is 54.9 Å². The molecule has 0 amide bonds. The lowest BCUT2D eigenvalue weighted by atomic mass is 9.45. The molecule has 3 saturated carbocycles. The topological polar surface area (TPSA) is 63.6 Å². The molecule has 4 nitrogen and oxygen atoms in total. The molecule has 0 saturated heterocycles. The Morgan fingerprint density at radius 3 is 2.51 bits per heavy atom. The first-order chi connectivity index (χ1) is 16.5. The van der Waals surface area contributed by atoms with Crippen LogP contribution in [-0.4, -0.2) is 35.2 Å². The van der Waals surface area contributed by atoms with Crippen LogP contribution in [0, 0.1) is 34.5 Å². The SMILES string of the molecule is CCC(=O)O[C@@H]1[C@H](C)C[C@H]2[C@@H]3C[C@H](F)C4=C(F)C(=O)C(c5ccccc5)C[C@]4(C)[C@H]3[C@@H](O)C[C@]12C. The second-order valence-corrected chi connectivity index (χ2v) is 11.9. The Morgan fingerprint density at radius 1 is 1.17 bits per heavy atom. The number of carbonyl (C=O) groups is 2. The molecule has 0 aliphatic heterocycles. The number of esters is 1. The van der Waals surface area contributed by atoms with E-state index >= 15 is 8.78 Å². The number of ketones is 1. The number of Topliss-reactive ketones (excluding diaryl/α,β-unsaturated/α-hetero) is 1. The number of aliphatic hydroxyl groups excluding tert-OH is 1. The number of aliphatic hydroxyl groups is 1. The number of ether oxygens (including phenoxy) is 1. The molecule has 0 spiro atoms. The Hall–Kier alpha value is -2.08. The van der Waals surface area contributed by atoms with Crippen molar-refractivity contribution >= 4 is 11.8 Å². The number of allylic oxidation sites excluding steroid dienone is 1. The van der Waals surface area contributed by atoms with E-state index in [1.165, 1.54) is 0 Å². The van der Waals surface area contributed by atoms with Crippen LogP contribution in [0.4, 0.5) is 8.78 Å². The largest absolute Gasteiger partial charge is 0.461 e. The minimum atomic E-state index is -1.57. The Morgan fingerprint density at radius 2 is 1.86 bits per heavy atom. The molecule has 4 aliphatic carbocycles. The second kappa shape index (κ2) is 8.50. The third-order valence-corrected chi connectivity index (χ3v) is 9.97. The fraction of sp³-hybridized carbons (Fsp3) is 0.655. The van der Waals surface area contributed by atoms with Gasteiger partial charge in [-0.25, -0.2) is 8.78 Å². The zero-order chi connectivity index (χ0) is 25.3. The zero-order valence-electron chi connectivity index (χ0n) is 21.0. The van der Waals surface area contributed by atoms with Crippen LogP contribution in [0.5, 0.6) is 0 Å². The average molecular weight is 487 g/mol. The Bertz CT molecular complexity index is 1050. The molecule has 1 aromatic carbocycles. The molecule has 0 bridgehead atoms. The number of benzene rings is 1. The molecule has 35 heavy (non-hydrogen) atoms. The van der Waals surface area contributed by atoms with Crippen molar-refractivity contribution in [1.29, 1.82) is 0 Å². The third kappa shape index (κ3) is 3.53. The van der Waals surface area contributed by atoms with Gasteiger partial charge in [-0.1, -0.05) is 58.0 Å². The van der Waals surface area contributed by atoms with Crippen LogP contribution in [0.25, 0.3) is 0 Å². The maximum Gasteiger partial charge on any atom is 0.305 e. The zero-order valence-corrected chi connectivity index (χ0v) is 21.0. The number of fused-ring (bicyclic) bond motifs is 5. The molecule has 5 rings (SSSR count). The normalized spacial score (nSPS) is 44.9. The van der Waals surface area contributed by atoms with E-state index in [9.17, 15) is 14.7 Å². The molecule has 6 heteroatoms. The van der Waals surface area contributed by atoms with E-state index in [4.69, 9.17) is 4.74 Å². The van der Waals surface area contributed by atoms with Crippen molar-refractivity contribution in [2.24, 2.45) is 34.5 Å². The Labute approximate surface area is 206 Å². The average Bonchev–Trinajstić information content (AvgIpc) is 3.06. The lowest BCUT2D eigenvalue weighted by molar-refractivity contribution is -0.176.